The Morgan fingerprint density at radius 1 is 1.44 bits per heavy atom. The first-order valence-corrected chi connectivity index (χ1v) is 6.93. The van der Waals surface area contributed by atoms with Gasteiger partial charge in [0.15, 0.2) is 0 Å². The van der Waals surface area contributed by atoms with E-state index in [9.17, 15) is 4.79 Å². The molecule has 4 heteroatoms. The lowest BCUT2D eigenvalue weighted by molar-refractivity contribution is -0.138. The van der Waals surface area contributed by atoms with Crippen LogP contribution in [0.3, 0.4) is 0 Å². The van der Waals surface area contributed by atoms with E-state index in [4.69, 9.17) is 4.52 Å². The minimum Gasteiger partial charge on any atom is -0.361 e. The maximum absolute atomic E-state index is 12.4. The van der Waals surface area contributed by atoms with E-state index in [0.717, 1.165) is 49.7 Å². The summed E-state index contributed by atoms with van der Waals surface area (Å²) in [5, 5.41) is 4.00. The van der Waals surface area contributed by atoms with E-state index in [1.54, 1.807) is 0 Å². The molecular formula is C14H20N2O2. The van der Waals surface area contributed by atoms with Crippen molar-refractivity contribution < 1.29 is 9.32 Å². The van der Waals surface area contributed by atoms with Gasteiger partial charge in [0.25, 0.3) is 0 Å². The molecular weight excluding hydrogens is 228 g/mol. The molecule has 1 amide bonds. The number of amides is 1. The molecule has 1 saturated carbocycles. The van der Waals surface area contributed by atoms with Crippen LogP contribution in [0.25, 0.3) is 0 Å². The standard InChI is InChI=1S/C14H20N2O2/c1-10-7-13(15-18-10)8-12-3-2-6-16(14(12)17)9-11-4-5-11/h7,11-12H,2-6,8-9H2,1H3. The Morgan fingerprint density at radius 2 is 2.28 bits per heavy atom. The minimum absolute atomic E-state index is 0.113. The minimum atomic E-state index is 0.113. The molecule has 1 aliphatic carbocycles. The predicted molar refractivity (Wildman–Crippen MR) is 67.0 cm³/mol. The fraction of sp³-hybridized carbons (Fsp3) is 0.714. The highest BCUT2D eigenvalue weighted by Crippen LogP contribution is 2.32. The maximum Gasteiger partial charge on any atom is 0.226 e. The largest absolute Gasteiger partial charge is 0.361 e. The van der Waals surface area contributed by atoms with Gasteiger partial charge in [-0.05, 0) is 38.5 Å². The van der Waals surface area contributed by atoms with Crippen molar-refractivity contribution >= 4 is 5.91 Å². The smallest absolute Gasteiger partial charge is 0.226 e. The summed E-state index contributed by atoms with van der Waals surface area (Å²) in [4.78, 5) is 14.4. The predicted octanol–water partition coefficient (Wildman–Crippen LogP) is 2.17. The van der Waals surface area contributed by atoms with Crippen LogP contribution in [0.2, 0.25) is 0 Å². The number of carbonyl (C=O) groups is 1. The van der Waals surface area contributed by atoms with Gasteiger partial charge >= 0.3 is 0 Å². The number of hydrogen-bond donors (Lipinski definition) is 0. The van der Waals surface area contributed by atoms with Crippen LogP contribution in [-0.2, 0) is 11.2 Å². The maximum atomic E-state index is 12.4. The Balaban J connectivity index is 1.62. The van der Waals surface area contributed by atoms with E-state index in [0.29, 0.717) is 5.91 Å². The van der Waals surface area contributed by atoms with Gasteiger partial charge in [0.2, 0.25) is 5.91 Å². The number of nitrogens with zero attached hydrogens (tertiary/aromatic N) is 2. The second kappa shape index (κ2) is 4.75. The van der Waals surface area contributed by atoms with Crippen LogP contribution >= 0.6 is 0 Å². The number of likely N-dealkylation sites (tertiary alicyclic amines) is 1. The number of rotatable bonds is 4. The highest BCUT2D eigenvalue weighted by Gasteiger charge is 2.33. The van der Waals surface area contributed by atoms with Crippen molar-refractivity contribution in [2.24, 2.45) is 11.8 Å². The van der Waals surface area contributed by atoms with Gasteiger partial charge in [-0.15, -0.1) is 0 Å². The van der Waals surface area contributed by atoms with Gasteiger partial charge in [-0.2, -0.15) is 0 Å². The fourth-order valence-electron chi connectivity index (χ4n) is 2.77. The Kier molecular flexibility index (Phi) is 3.10. The number of carbonyl (C=O) groups excluding carboxylic acids is 1. The van der Waals surface area contributed by atoms with E-state index in [1.807, 2.05) is 13.0 Å². The van der Waals surface area contributed by atoms with Crippen LogP contribution in [0.15, 0.2) is 10.6 Å². The molecule has 1 unspecified atom stereocenters. The van der Waals surface area contributed by atoms with Crippen molar-refractivity contribution in [2.75, 3.05) is 13.1 Å². The van der Waals surface area contributed by atoms with Crippen LogP contribution in [-0.4, -0.2) is 29.1 Å². The van der Waals surface area contributed by atoms with Gasteiger partial charge in [-0.25, -0.2) is 0 Å². The molecule has 1 atom stereocenters. The summed E-state index contributed by atoms with van der Waals surface area (Å²) >= 11 is 0. The van der Waals surface area contributed by atoms with Crippen molar-refractivity contribution in [3.05, 3.63) is 17.5 Å². The van der Waals surface area contributed by atoms with Gasteiger partial charge in [-0.1, -0.05) is 5.16 Å². The summed E-state index contributed by atoms with van der Waals surface area (Å²) in [6, 6.07) is 1.94. The fourth-order valence-corrected chi connectivity index (χ4v) is 2.77. The van der Waals surface area contributed by atoms with Gasteiger partial charge in [0.1, 0.15) is 5.76 Å². The van der Waals surface area contributed by atoms with Gasteiger partial charge in [0.05, 0.1) is 5.69 Å². The SMILES string of the molecule is Cc1cc(CC2CCCN(CC3CC3)C2=O)no1. The molecule has 4 nitrogen and oxygen atoms in total. The first-order valence-electron chi connectivity index (χ1n) is 6.93. The van der Waals surface area contributed by atoms with Crippen molar-refractivity contribution in [3.63, 3.8) is 0 Å². The Bertz CT molecular complexity index is 437. The number of hydrogen-bond acceptors (Lipinski definition) is 3. The molecule has 1 aromatic rings. The number of aryl methyl sites for hydroxylation is 1. The third-order valence-corrected chi connectivity index (χ3v) is 3.95. The molecule has 3 rings (SSSR count). The van der Waals surface area contributed by atoms with E-state index in [2.05, 4.69) is 10.1 Å². The summed E-state index contributed by atoms with van der Waals surface area (Å²) in [7, 11) is 0. The van der Waals surface area contributed by atoms with Crippen LogP contribution in [0, 0.1) is 18.8 Å². The highest BCUT2D eigenvalue weighted by molar-refractivity contribution is 5.79. The zero-order valence-electron chi connectivity index (χ0n) is 10.9. The molecule has 0 bridgehead atoms. The first-order chi connectivity index (χ1) is 8.72. The van der Waals surface area contributed by atoms with E-state index >= 15 is 0 Å². The molecule has 18 heavy (non-hydrogen) atoms. The second-order valence-electron chi connectivity index (χ2n) is 5.70. The molecule has 0 radical (unpaired) electrons. The van der Waals surface area contributed by atoms with Crippen molar-refractivity contribution in [1.29, 1.82) is 0 Å². The topological polar surface area (TPSA) is 46.3 Å². The molecule has 0 N–H and O–H groups in total. The summed E-state index contributed by atoms with van der Waals surface area (Å²) in [6.45, 7) is 3.81. The zero-order valence-corrected chi connectivity index (χ0v) is 10.9. The quantitative estimate of drug-likeness (QED) is 0.820. The van der Waals surface area contributed by atoms with E-state index in [-0.39, 0.29) is 5.92 Å². The van der Waals surface area contributed by atoms with Crippen LogP contribution in [0.1, 0.15) is 37.1 Å². The molecule has 2 aliphatic rings. The normalized spacial score (nSPS) is 24.6. The number of piperidine rings is 1. The molecule has 2 heterocycles. The van der Waals surface area contributed by atoms with Crippen molar-refractivity contribution in [2.45, 2.75) is 39.0 Å². The molecule has 0 spiro atoms. The summed E-state index contributed by atoms with van der Waals surface area (Å²) < 4.78 is 5.07. The Morgan fingerprint density at radius 3 is 2.94 bits per heavy atom. The molecule has 2 fully saturated rings. The van der Waals surface area contributed by atoms with Crippen molar-refractivity contribution in [3.8, 4) is 0 Å². The monoisotopic (exact) mass is 248 g/mol. The Hall–Kier alpha value is -1.32. The second-order valence-corrected chi connectivity index (χ2v) is 5.70. The molecule has 1 aromatic heterocycles. The highest BCUT2D eigenvalue weighted by atomic mass is 16.5. The van der Waals surface area contributed by atoms with Gasteiger partial charge in [-0.3, -0.25) is 4.79 Å². The van der Waals surface area contributed by atoms with Gasteiger partial charge < -0.3 is 9.42 Å². The average molecular weight is 248 g/mol. The summed E-state index contributed by atoms with van der Waals surface area (Å²) in [5.74, 6) is 2.04. The lowest BCUT2D eigenvalue weighted by Gasteiger charge is -2.32. The van der Waals surface area contributed by atoms with Gasteiger partial charge in [0, 0.05) is 31.5 Å². The molecule has 1 aliphatic heterocycles. The van der Waals surface area contributed by atoms with Crippen molar-refractivity contribution in [1.82, 2.24) is 10.1 Å². The summed E-state index contributed by atoms with van der Waals surface area (Å²) in [6.07, 6.45) is 5.46. The third-order valence-electron chi connectivity index (χ3n) is 3.95. The lowest BCUT2D eigenvalue weighted by Crippen LogP contribution is -2.43. The lowest BCUT2D eigenvalue weighted by atomic mass is 9.92. The molecule has 1 saturated heterocycles. The van der Waals surface area contributed by atoms with Crippen LogP contribution in [0.5, 0.6) is 0 Å². The third kappa shape index (κ3) is 2.57. The Labute approximate surface area is 107 Å². The number of aromatic nitrogens is 1. The molecule has 0 aromatic carbocycles. The first kappa shape index (κ1) is 11.8. The van der Waals surface area contributed by atoms with Crippen LogP contribution in [0.4, 0.5) is 0 Å². The zero-order chi connectivity index (χ0) is 12.5. The van der Waals surface area contributed by atoms with E-state index in [1.165, 1.54) is 12.8 Å². The van der Waals surface area contributed by atoms with E-state index < -0.39 is 0 Å². The molecule has 98 valence electrons. The average Bonchev–Trinajstić information content (AvgIpc) is 3.07. The summed E-state index contributed by atoms with van der Waals surface area (Å²) in [5.41, 5.74) is 0.916. The van der Waals surface area contributed by atoms with Crippen LogP contribution < -0.4 is 0 Å².